The third kappa shape index (κ3) is 4.22. The minimum absolute atomic E-state index is 0. The lowest BCUT2D eigenvalue weighted by atomic mass is 10.0. The summed E-state index contributed by atoms with van der Waals surface area (Å²) in [4.78, 5) is 20.7. The quantitative estimate of drug-likeness (QED) is 0.822. The molecule has 21 heavy (non-hydrogen) atoms. The van der Waals surface area contributed by atoms with Crippen molar-refractivity contribution < 1.29 is 4.79 Å². The Labute approximate surface area is 145 Å². The molecular weight excluding hydrogens is 379 g/mol. The monoisotopic (exact) mass is 396 g/mol. The van der Waals surface area contributed by atoms with Gasteiger partial charge >= 0.3 is 0 Å². The second kappa shape index (κ2) is 8.17. The molecule has 2 fully saturated rings. The molecule has 0 atom stereocenters. The molecule has 1 amide bonds. The van der Waals surface area contributed by atoms with Gasteiger partial charge in [-0.25, -0.2) is 4.98 Å². The van der Waals surface area contributed by atoms with E-state index in [1.807, 2.05) is 23.2 Å². The molecule has 3 heterocycles. The van der Waals surface area contributed by atoms with Gasteiger partial charge in [0.25, 0.3) is 0 Å². The maximum absolute atomic E-state index is 12.1. The summed E-state index contributed by atoms with van der Waals surface area (Å²) in [7, 11) is 0. The summed E-state index contributed by atoms with van der Waals surface area (Å²) >= 11 is 3.39. The van der Waals surface area contributed by atoms with E-state index in [-0.39, 0.29) is 30.7 Å². The molecule has 8 heteroatoms. The largest absolute Gasteiger partial charge is 0.353 e. The smallest absolute Gasteiger partial charge is 0.228 e. The van der Waals surface area contributed by atoms with Crippen LogP contribution in [-0.4, -0.2) is 55.1 Å². The van der Waals surface area contributed by atoms with E-state index in [4.69, 9.17) is 0 Å². The highest BCUT2D eigenvalue weighted by Crippen LogP contribution is 2.17. The van der Waals surface area contributed by atoms with E-state index in [1.165, 1.54) is 0 Å². The van der Waals surface area contributed by atoms with Gasteiger partial charge in [-0.05, 0) is 28.1 Å². The van der Waals surface area contributed by atoms with Crippen LogP contribution in [0.2, 0.25) is 0 Å². The van der Waals surface area contributed by atoms with Crippen LogP contribution in [0.25, 0.3) is 0 Å². The third-order valence-electron chi connectivity index (χ3n) is 3.76. The Morgan fingerprint density at radius 2 is 1.86 bits per heavy atom. The van der Waals surface area contributed by atoms with Crippen molar-refractivity contribution in [1.29, 1.82) is 0 Å². The van der Waals surface area contributed by atoms with E-state index >= 15 is 0 Å². The fourth-order valence-corrected chi connectivity index (χ4v) is 2.67. The zero-order chi connectivity index (χ0) is 13.2. The predicted octanol–water partition coefficient (Wildman–Crippen LogP) is 1.56. The molecule has 0 aromatic carbocycles. The van der Waals surface area contributed by atoms with Crippen molar-refractivity contribution in [2.24, 2.45) is 5.92 Å². The summed E-state index contributed by atoms with van der Waals surface area (Å²) < 4.78 is 0.988. The maximum Gasteiger partial charge on any atom is 0.228 e. The van der Waals surface area contributed by atoms with Gasteiger partial charge in [0, 0.05) is 49.9 Å². The van der Waals surface area contributed by atoms with Crippen LogP contribution >= 0.6 is 40.7 Å². The van der Waals surface area contributed by atoms with Crippen LogP contribution in [0.4, 0.5) is 5.82 Å². The molecule has 2 aliphatic rings. The number of carbonyl (C=O) groups is 1. The molecule has 118 valence electrons. The third-order valence-corrected chi connectivity index (χ3v) is 4.23. The lowest BCUT2D eigenvalue weighted by molar-refractivity contribution is -0.137. The normalized spacial score (nSPS) is 18.3. The zero-order valence-electron chi connectivity index (χ0n) is 11.5. The van der Waals surface area contributed by atoms with E-state index in [2.05, 4.69) is 31.1 Å². The first kappa shape index (κ1) is 18.5. The van der Waals surface area contributed by atoms with Gasteiger partial charge in [-0.2, -0.15) is 0 Å². The number of halogens is 3. The highest BCUT2D eigenvalue weighted by molar-refractivity contribution is 9.10. The minimum Gasteiger partial charge on any atom is -0.353 e. The molecule has 1 aromatic heterocycles. The van der Waals surface area contributed by atoms with E-state index in [9.17, 15) is 4.79 Å². The van der Waals surface area contributed by atoms with Gasteiger partial charge in [-0.3, -0.25) is 4.79 Å². The van der Waals surface area contributed by atoms with Crippen LogP contribution in [-0.2, 0) is 4.79 Å². The lowest BCUT2D eigenvalue weighted by Crippen LogP contribution is -2.56. The SMILES string of the molecule is Cl.Cl.O=C(C1CNC1)N1CCN(c2ccc(Br)cn2)CC1. The summed E-state index contributed by atoms with van der Waals surface area (Å²) in [5.41, 5.74) is 0. The van der Waals surface area contributed by atoms with Crippen LogP contribution in [0, 0.1) is 5.92 Å². The molecule has 1 aromatic rings. The van der Waals surface area contributed by atoms with Crippen LogP contribution < -0.4 is 10.2 Å². The number of nitrogens with zero attached hydrogens (tertiary/aromatic N) is 3. The molecule has 0 radical (unpaired) electrons. The molecule has 0 unspecified atom stereocenters. The molecule has 2 aliphatic heterocycles. The number of pyridine rings is 1. The predicted molar refractivity (Wildman–Crippen MR) is 91.6 cm³/mol. The molecule has 5 nitrogen and oxygen atoms in total. The molecule has 3 rings (SSSR count). The molecule has 0 bridgehead atoms. The summed E-state index contributed by atoms with van der Waals surface area (Å²) in [6.07, 6.45) is 1.81. The number of amides is 1. The number of hydrogen-bond donors (Lipinski definition) is 1. The molecule has 2 saturated heterocycles. The van der Waals surface area contributed by atoms with Gasteiger partial charge < -0.3 is 15.1 Å². The summed E-state index contributed by atoms with van der Waals surface area (Å²) in [6.45, 7) is 5.00. The topological polar surface area (TPSA) is 48.5 Å². The van der Waals surface area contributed by atoms with Crippen molar-refractivity contribution in [2.75, 3.05) is 44.2 Å². The van der Waals surface area contributed by atoms with Crippen LogP contribution in [0.3, 0.4) is 0 Å². The van der Waals surface area contributed by atoms with Gasteiger partial charge in [0.05, 0.1) is 5.92 Å². The van der Waals surface area contributed by atoms with Crippen molar-refractivity contribution in [1.82, 2.24) is 15.2 Å². The number of hydrogen-bond acceptors (Lipinski definition) is 4. The number of anilines is 1. The number of nitrogens with one attached hydrogen (secondary N) is 1. The Morgan fingerprint density at radius 3 is 2.33 bits per heavy atom. The first-order valence-corrected chi connectivity index (χ1v) is 7.39. The fraction of sp³-hybridized carbons (Fsp3) is 0.538. The Kier molecular flexibility index (Phi) is 7.20. The molecule has 1 N–H and O–H groups in total. The lowest BCUT2D eigenvalue weighted by Gasteiger charge is -2.38. The number of aromatic nitrogens is 1. The Morgan fingerprint density at radius 1 is 1.19 bits per heavy atom. The van der Waals surface area contributed by atoms with E-state index < -0.39 is 0 Å². The highest BCUT2D eigenvalue weighted by Gasteiger charge is 2.31. The molecule has 0 spiro atoms. The first-order chi connectivity index (χ1) is 9.24. The first-order valence-electron chi connectivity index (χ1n) is 6.60. The molecular formula is C13H19BrCl2N4O. The van der Waals surface area contributed by atoms with Gasteiger partial charge in [0.1, 0.15) is 5.82 Å². The number of piperazine rings is 1. The fourth-order valence-electron chi connectivity index (χ4n) is 2.43. The van der Waals surface area contributed by atoms with Gasteiger partial charge in [0.15, 0.2) is 0 Å². The average molecular weight is 398 g/mol. The summed E-state index contributed by atoms with van der Waals surface area (Å²) in [6, 6.07) is 4.01. The van der Waals surface area contributed by atoms with Crippen LogP contribution in [0.5, 0.6) is 0 Å². The van der Waals surface area contributed by atoms with E-state index in [0.717, 1.165) is 49.6 Å². The molecule has 0 saturated carbocycles. The number of carbonyl (C=O) groups excluding carboxylic acids is 1. The van der Waals surface area contributed by atoms with Crippen molar-refractivity contribution in [3.8, 4) is 0 Å². The minimum atomic E-state index is 0. The Bertz CT molecular complexity index is 462. The Hall–Kier alpha value is -0.560. The van der Waals surface area contributed by atoms with Crippen molar-refractivity contribution >= 4 is 52.5 Å². The van der Waals surface area contributed by atoms with Crippen molar-refractivity contribution in [3.63, 3.8) is 0 Å². The van der Waals surface area contributed by atoms with E-state index in [0.29, 0.717) is 5.91 Å². The molecule has 0 aliphatic carbocycles. The summed E-state index contributed by atoms with van der Waals surface area (Å²) in [5.74, 6) is 1.50. The van der Waals surface area contributed by atoms with Crippen LogP contribution in [0.1, 0.15) is 0 Å². The van der Waals surface area contributed by atoms with Gasteiger partial charge in [0.2, 0.25) is 5.91 Å². The second-order valence-electron chi connectivity index (χ2n) is 5.00. The maximum atomic E-state index is 12.1. The van der Waals surface area contributed by atoms with Gasteiger partial charge in [-0.1, -0.05) is 0 Å². The van der Waals surface area contributed by atoms with Gasteiger partial charge in [-0.15, -0.1) is 24.8 Å². The van der Waals surface area contributed by atoms with Crippen molar-refractivity contribution in [3.05, 3.63) is 22.8 Å². The summed E-state index contributed by atoms with van der Waals surface area (Å²) in [5, 5.41) is 3.15. The van der Waals surface area contributed by atoms with Crippen LogP contribution in [0.15, 0.2) is 22.8 Å². The average Bonchev–Trinajstić information content (AvgIpc) is 2.38. The zero-order valence-corrected chi connectivity index (χ0v) is 14.7. The standard InChI is InChI=1S/C13H17BrN4O.2ClH/c14-11-1-2-12(16-9-11)17-3-5-18(6-4-17)13(19)10-7-15-8-10;;/h1-2,9-10,15H,3-8H2;2*1H. The second-order valence-corrected chi connectivity index (χ2v) is 5.92. The van der Waals surface area contributed by atoms with Crippen molar-refractivity contribution in [2.45, 2.75) is 0 Å². The van der Waals surface area contributed by atoms with E-state index in [1.54, 1.807) is 0 Å². The highest BCUT2D eigenvalue weighted by atomic mass is 79.9. The Balaban J connectivity index is 0.00000110. The number of rotatable bonds is 2.